The topological polar surface area (TPSA) is 16.1 Å². The number of nitrogens with zero attached hydrogens (tertiary/aromatic N) is 2. The van der Waals surface area contributed by atoms with Crippen molar-refractivity contribution >= 4 is 17.3 Å². The van der Waals surface area contributed by atoms with Crippen LogP contribution in [-0.2, 0) is 13.1 Å². The third-order valence-electron chi connectivity index (χ3n) is 2.93. The molecule has 2 nitrogen and oxygen atoms in total. The predicted octanol–water partition coefficient (Wildman–Crippen LogP) is 3.26. The Morgan fingerprint density at radius 3 is 2.38 bits per heavy atom. The third kappa shape index (κ3) is 1.55. The highest BCUT2D eigenvalue weighted by atomic mass is 35.5. The summed E-state index contributed by atoms with van der Waals surface area (Å²) in [5, 5.41) is 0.718. The fourth-order valence-corrected chi connectivity index (χ4v) is 2.37. The lowest BCUT2D eigenvalue weighted by atomic mass is 10.1. The van der Waals surface area contributed by atoms with Gasteiger partial charge < -0.3 is 4.90 Å². The van der Waals surface area contributed by atoms with Crippen LogP contribution in [0.4, 0.5) is 5.69 Å². The van der Waals surface area contributed by atoms with Gasteiger partial charge in [0.05, 0.1) is 10.7 Å². The molecule has 0 radical (unpaired) electrons. The third-order valence-corrected chi connectivity index (χ3v) is 3.22. The summed E-state index contributed by atoms with van der Waals surface area (Å²) < 4.78 is 0. The van der Waals surface area contributed by atoms with Crippen LogP contribution >= 0.6 is 11.6 Å². The first kappa shape index (κ1) is 9.67. The van der Waals surface area contributed by atoms with E-state index in [0.717, 1.165) is 23.8 Å². The van der Waals surface area contributed by atoms with E-state index in [4.69, 9.17) is 11.6 Å². The minimum absolute atomic E-state index is 0.718. The monoisotopic (exact) mass is 230 g/mol. The summed E-state index contributed by atoms with van der Waals surface area (Å²) in [5.41, 5.74) is 3.83. The number of hydrogen-bond acceptors (Lipinski definition) is 2. The first-order chi connectivity index (χ1) is 7.84. The molecule has 0 fully saturated rings. The lowest BCUT2D eigenvalue weighted by Crippen LogP contribution is -2.14. The Balaban J connectivity index is 1.95. The Bertz CT molecular complexity index is 500. The summed E-state index contributed by atoms with van der Waals surface area (Å²) in [5.74, 6) is 0. The van der Waals surface area contributed by atoms with Crippen molar-refractivity contribution in [2.75, 3.05) is 4.90 Å². The molecule has 1 aromatic carbocycles. The van der Waals surface area contributed by atoms with Crippen molar-refractivity contribution in [2.24, 2.45) is 0 Å². The van der Waals surface area contributed by atoms with Gasteiger partial charge in [0.25, 0.3) is 0 Å². The molecular weight excluding hydrogens is 220 g/mol. The zero-order chi connectivity index (χ0) is 11.0. The van der Waals surface area contributed by atoms with E-state index >= 15 is 0 Å². The molecule has 0 N–H and O–H groups in total. The van der Waals surface area contributed by atoms with Crippen molar-refractivity contribution in [1.29, 1.82) is 0 Å². The Kier molecular flexibility index (Phi) is 2.29. The van der Waals surface area contributed by atoms with Gasteiger partial charge in [-0.3, -0.25) is 4.98 Å². The van der Waals surface area contributed by atoms with Crippen LogP contribution in [0.2, 0.25) is 5.02 Å². The molecule has 0 saturated heterocycles. The highest BCUT2D eigenvalue weighted by Crippen LogP contribution is 2.32. The van der Waals surface area contributed by atoms with Gasteiger partial charge in [0.2, 0.25) is 0 Å². The normalized spacial score (nSPS) is 13.9. The van der Waals surface area contributed by atoms with Gasteiger partial charge in [-0.2, -0.15) is 0 Å². The average molecular weight is 231 g/mol. The van der Waals surface area contributed by atoms with E-state index in [1.165, 1.54) is 11.1 Å². The number of anilines is 1. The lowest BCUT2D eigenvalue weighted by molar-refractivity contribution is 0.879. The molecule has 1 aliphatic heterocycles. The second-order valence-corrected chi connectivity index (χ2v) is 4.36. The predicted molar refractivity (Wildman–Crippen MR) is 65.6 cm³/mol. The van der Waals surface area contributed by atoms with Gasteiger partial charge >= 0.3 is 0 Å². The molecule has 0 unspecified atom stereocenters. The zero-order valence-electron chi connectivity index (χ0n) is 8.73. The smallest absolute Gasteiger partial charge is 0.0822 e. The van der Waals surface area contributed by atoms with Crippen LogP contribution in [0.25, 0.3) is 0 Å². The number of aromatic nitrogens is 1. The Hall–Kier alpha value is -1.54. The molecule has 16 heavy (non-hydrogen) atoms. The molecule has 0 spiro atoms. The minimum atomic E-state index is 0.718. The van der Waals surface area contributed by atoms with Crippen LogP contribution in [0.5, 0.6) is 0 Å². The number of rotatable bonds is 1. The standard InChI is InChI=1S/C13H11ClN2/c14-12-7-15-6-5-13(12)16-8-10-3-1-2-4-11(10)9-16/h1-7H,8-9H2. The summed E-state index contributed by atoms with van der Waals surface area (Å²) >= 11 is 6.14. The molecule has 1 aromatic heterocycles. The van der Waals surface area contributed by atoms with E-state index < -0.39 is 0 Å². The van der Waals surface area contributed by atoms with Crippen LogP contribution in [-0.4, -0.2) is 4.98 Å². The van der Waals surface area contributed by atoms with Crippen molar-refractivity contribution in [3.63, 3.8) is 0 Å². The Morgan fingerprint density at radius 1 is 1.06 bits per heavy atom. The van der Waals surface area contributed by atoms with Gasteiger partial charge in [0.1, 0.15) is 0 Å². The number of benzene rings is 1. The SMILES string of the molecule is Clc1cnccc1N1Cc2ccccc2C1. The molecule has 0 amide bonds. The molecule has 1 aliphatic rings. The van der Waals surface area contributed by atoms with Gasteiger partial charge in [-0.25, -0.2) is 0 Å². The van der Waals surface area contributed by atoms with E-state index in [1.54, 1.807) is 12.4 Å². The minimum Gasteiger partial charge on any atom is -0.362 e. The second kappa shape index (κ2) is 3.80. The largest absolute Gasteiger partial charge is 0.362 e. The van der Waals surface area contributed by atoms with Gasteiger partial charge in [0.15, 0.2) is 0 Å². The molecule has 3 rings (SSSR count). The second-order valence-electron chi connectivity index (χ2n) is 3.95. The van der Waals surface area contributed by atoms with E-state index in [-0.39, 0.29) is 0 Å². The average Bonchev–Trinajstić information content (AvgIpc) is 2.73. The summed E-state index contributed by atoms with van der Waals surface area (Å²) in [6, 6.07) is 10.5. The van der Waals surface area contributed by atoms with E-state index in [9.17, 15) is 0 Å². The molecule has 0 atom stereocenters. The van der Waals surface area contributed by atoms with Crippen molar-refractivity contribution in [1.82, 2.24) is 4.98 Å². The van der Waals surface area contributed by atoms with Crippen molar-refractivity contribution in [3.8, 4) is 0 Å². The van der Waals surface area contributed by atoms with Crippen LogP contribution < -0.4 is 4.90 Å². The number of halogens is 1. The Labute approximate surface area is 99.5 Å². The molecule has 2 aromatic rings. The maximum atomic E-state index is 6.14. The Morgan fingerprint density at radius 2 is 1.75 bits per heavy atom. The molecule has 0 bridgehead atoms. The van der Waals surface area contributed by atoms with Crippen LogP contribution in [0, 0.1) is 0 Å². The first-order valence-corrected chi connectivity index (χ1v) is 5.63. The molecule has 2 heterocycles. The quantitative estimate of drug-likeness (QED) is 0.748. The summed E-state index contributed by atoms with van der Waals surface area (Å²) in [4.78, 5) is 6.28. The van der Waals surface area contributed by atoms with Gasteiger partial charge in [-0.1, -0.05) is 35.9 Å². The zero-order valence-corrected chi connectivity index (χ0v) is 9.48. The number of hydrogen-bond donors (Lipinski definition) is 0. The van der Waals surface area contributed by atoms with Gasteiger partial charge in [0, 0.05) is 25.5 Å². The summed E-state index contributed by atoms with van der Waals surface area (Å²) in [6.45, 7) is 1.86. The molecular formula is C13H11ClN2. The highest BCUT2D eigenvalue weighted by Gasteiger charge is 2.19. The molecule has 80 valence electrons. The number of fused-ring (bicyclic) bond motifs is 1. The maximum absolute atomic E-state index is 6.14. The lowest BCUT2D eigenvalue weighted by Gasteiger charge is -2.18. The summed E-state index contributed by atoms with van der Waals surface area (Å²) in [7, 11) is 0. The van der Waals surface area contributed by atoms with Crippen LogP contribution in [0.15, 0.2) is 42.7 Å². The van der Waals surface area contributed by atoms with Crippen molar-refractivity contribution < 1.29 is 0 Å². The van der Waals surface area contributed by atoms with E-state index in [1.807, 2.05) is 6.07 Å². The highest BCUT2D eigenvalue weighted by molar-refractivity contribution is 6.33. The first-order valence-electron chi connectivity index (χ1n) is 5.26. The van der Waals surface area contributed by atoms with Crippen molar-refractivity contribution in [3.05, 3.63) is 58.9 Å². The van der Waals surface area contributed by atoms with E-state index in [0.29, 0.717) is 0 Å². The molecule has 0 saturated carbocycles. The fraction of sp³-hybridized carbons (Fsp3) is 0.154. The molecule has 0 aliphatic carbocycles. The fourth-order valence-electron chi connectivity index (χ4n) is 2.13. The maximum Gasteiger partial charge on any atom is 0.0822 e. The van der Waals surface area contributed by atoms with E-state index in [2.05, 4.69) is 34.1 Å². The molecule has 3 heteroatoms. The van der Waals surface area contributed by atoms with Gasteiger partial charge in [-0.15, -0.1) is 0 Å². The van der Waals surface area contributed by atoms with Crippen molar-refractivity contribution in [2.45, 2.75) is 13.1 Å². The summed E-state index contributed by atoms with van der Waals surface area (Å²) in [6.07, 6.45) is 3.48. The van der Waals surface area contributed by atoms with Crippen LogP contribution in [0.1, 0.15) is 11.1 Å². The van der Waals surface area contributed by atoms with Gasteiger partial charge in [-0.05, 0) is 17.2 Å². The van der Waals surface area contributed by atoms with Crippen LogP contribution in [0.3, 0.4) is 0 Å². The number of pyridine rings is 1.